The highest BCUT2D eigenvalue weighted by Gasteiger charge is 2.32. The summed E-state index contributed by atoms with van der Waals surface area (Å²) in [5.74, 6) is 4.04. The summed E-state index contributed by atoms with van der Waals surface area (Å²) in [7, 11) is 0. The zero-order valence-electron chi connectivity index (χ0n) is 12.9. The highest BCUT2D eigenvalue weighted by atomic mass is 16.5. The molecule has 0 spiro atoms. The zero-order valence-corrected chi connectivity index (χ0v) is 12.9. The second-order valence-electron chi connectivity index (χ2n) is 6.30. The van der Waals surface area contributed by atoms with Crippen molar-refractivity contribution in [3.05, 3.63) is 23.4 Å². The third kappa shape index (κ3) is 2.90. The van der Waals surface area contributed by atoms with Gasteiger partial charge in [0.25, 0.3) is 0 Å². The molecule has 0 N–H and O–H groups in total. The fraction of sp³-hybridized carbons (Fsp3) is 0.733. The molecule has 7 nitrogen and oxygen atoms in total. The molecule has 4 rings (SSSR count). The van der Waals surface area contributed by atoms with E-state index in [-0.39, 0.29) is 0 Å². The first-order valence-corrected chi connectivity index (χ1v) is 8.19. The topological polar surface area (TPSA) is 81.1 Å². The lowest BCUT2D eigenvalue weighted by Gasteiger charge is -2.30. The van der Waals surface area contributed by atoms with Crippen molar-refractivity contribution < 1.29 is 9.05 Å². The van der Waals surface area contributed by atoms with Crippen molar-refractivity contribution in [3.8, 4) is 0 Å². The number of aromatic nitrogens is 4. The van der Waals surface area contributed by atoms with Crippen LogP contribution in [0.25, 0.3) is 0 Å². The van der Waals surface area contributed by atoms with E-state index in [9.17, 15) is 0 Å². The van der Waals surface area contributed by atoms with Gasteiger partial charge in [-0.15, -0.1) is 0 Å². The van der Waals surface area contributed by atoms with Crippen LogP contribution < -0.4 is 0 Å². The summed E-state index contributed by atoms with van der Waals surface area (Å²) in [4.78, 5) is 11.3. The quantitative estimate of drug-likeness (QED) is 0.838. The summed E-state index contributed by atoms with van der Waals surface area (Å²) in [6.07, 6.45) is 5.41. The lowest BCUT2D eigenvalue weighted by molar-refractivity contribution is 0.188. The Morgan fingerprint density at radius 1 is 1.09 bits per heavy atom. The van der Waals surface area contributed by atoms with Crippen molar-refractivity contribution in [1.29, 1.82) is 0 Å². The van der Waals surface area contributed by atoms with Crippen molar-refractivity contribution in [2.45, 2.75) is 57.4 Å². The van der Waals surface area contributed by atoms with E-state index in [2.05, 4.69) is 25.2 Å². The highest BCUT2D eigenvalue weighted by molar-refractivity contribution is 5.05. The van der Waals surface area contributed by atoms with E-state index in [0.717, 1.165) is 56.4 Å². The van der Waals surface area contributed by atoms with Crippen LogP contribution in [0.4, 0.5) is 0 Å². The van der Waals surface area contributed by atoms with Crippen LogP contribution in [0, 0.1) is 0 Å². The molecule has 2 aromatic rings. The predicted molar refractivity (Wildman–Crippen MR) is 77.2 cm³/mol. The molecule has 2 fully saturated rings. The average Bonchev–Trinajstić information content (AvgIpc) is 3.10. The SMILES string of the molecule is CCc1nc(CN2CCC[C@H](c3noc(C4CC4)n3)C2)no1. The van der Waals surface area contributed by atoms with Gasteiger partial charge in [0.2, 0.25) is 11.8 Å². The van der Waals surface area contributed by atoms with E-state index in [1.807, 2.05) is 6.92 Å². The van der Waals surface area contributed by atoms with Gasteiger partial charge in [-0.2, -0.15) is 9.97 Å². The van der Waals surface area contributed by atoms with Gasteiger partial charge >= 0.3 is 0 Å². The minimum Gasteiger partial charge on any atom is -0.339 e. The van der Waals surface area contributed by atoms with Gasteiger partial charge in [0.15, 0.2) is 11.6 Å². The average molecular weight is 303 g/mol. The maximum atomic E-state index is 5.39. The molecule has 1 aliphatic carbocycles. The largest absolute Gasteiger partial charge is 0.339 e. The minimum absolute atomic E-state index is 0.350. The molecule has 0 amide bonds. The number of hydrogen-bond donors (Lipinski definition) is 0. The molecule has 1 aliphatic heterocycles. The van der Waals surface area contributed by atoms with Gasteiger partial charge in [0.1, 0.15) is 0 Å². The summed E-state index contributed by atoms with van der Waals surface area (Å²) >= 11 is 0. The summed E-state index contributed by atoms with van der Waals surface area (Å²) < 4.78 is 10.6. The van der Waals surface area contributed by atoms with Crippen LogP contribution in [-0.2, 0) is 13.0 Å². The van der Waals surface area contributed by atoms with Gasteiger partial charge in [-0.1, -0.05) is 17.2 Å². The molecule has 22 heavy (non-hydrogen) atoms. The second-order valence-corrected chi connectivity index (χ2v) is 6.30. The maximum absolute atomic E-state index is 5.39. The van der Waals surface area contributed by atoms with E-state index >= 15 is 0 Å². The Balaban J connectivity index is 1.40. The van der Waals surface area contributed by atoms with Crippen LogP contribution in [0.15, 0.2) is 9.05 Å². The summed E-state index contributed by atoms with van der Waals surface area (Å²) in [6, 6.07) is 0. The van der Waals surface area contributed by atoms with Gasteiger partial charge < -0.3 is 9.05 Å². The zero-order chi connectivity index (χ0) is 14.9. The smallest absolute Gasteiger partial charge is 0.229 e. The standard InChI is InChI=1S/C15H21N5O2/c1-2-13-16-12(18-21-13)9-20-7-3-4-11(8-20)14-17-15(22-19-14)10-5-6-10/h10-11H,2-9H2,1H3/t11-/m0/s1. The molecule has 2 aromatic heterocycles. The highest BCUT2D eigenvalue weighted by Crippen LogP contribution is 2.39. The molecule has 118 valence electrons. The molecule has 1 saturated carbocycles. The fourth-order valence-corrected chi connectivity index (χ4v) is 3.02. The van der Waals surface area contributed by atoms with Crippen LogP contribution in [0.5, 0.6) is 0 Å². The number of aryl methyl sites for hydroxylation is 1. The van der Waals surface area contributed by atoms with Crippen LogP contribution in [-0.4, -0.2) is 38.3 Å². The Morgan fingerprint density at radius 3 is 2.77 bits per heavy atom. The number of likely N-dealkylation sites (tertiary alicyclic amines) is 1. The molecular weight excluding hydrogens is 282 g/mol. The van der Waals surface area contributed by atoms with Crippen LogP contribution >= 0.6 is 0 Å². The van der Waals surface area contributed by atoms with E-state index in [0.29, 0.717) is 17.7 Å². The lowest BCUT2D eigenvalue weighted by atomic mass is 9.97. The summed E-state index contributed by atoms with van der Waals surface area (Å²) in [5.41, 5.74) is 0. The van der Waals surface area contributed by atoms with Crippen molar-refractivity contribution in [3.63, 3.8) is 0 Å². The Hall–Kier alpha value is -1.76. The van der Waals surface area contributed by atoms with Crippen molar-refractivity contribution >= 4 is 0 Å². The van der Waals surface area contributed by atoms with Gasteiger partial charge in [-0.25, -0.2) is 0 Å². The Morgan fingerprint density at radius 2 is 2.00 bits per heavy atom. The molecule has 3 heterocycles. The van der Waals surface area contributed by atoms with E-state index < -0.39 is 0 Å². The number of hydrogen-bond acceptors (Lipinski definition) is 7. The minimum atomic E-state index is 0.350. The third-order valence-corrected chi connectivity index (χ3v) is 4.43. The molecule has 7 heteroatoms. The lowest BCUT2D eigenvalue weighted by Crippen LogP contribution is -2.34. The van der Waals surface area contributed by atoms with Crippen molar-refractivity contribution in [2.24, 2.45) is 0 Å². The van der Waals surface area contributed by atoms with Crippen molar-refractivity contribution in [1.82, 2.24) is 25.2 Å². The molecule has 0 radical (unpaired) electrons. The van der Waals surface area contributed by atoms with E-state index in [1.54, 1.807) is 0 Å². The molecular formula is C15H21N5O2. The van der Waals surface area contributed by atoms with Gasteiger partial charge in [0.05, 0.1) is 6.54 Å². The molecule has 1 atom stereocenters. The first kappa shape index (κ1) is 13.9. The molecule has 0 bridgehead atoms. The number of rotatable bonds is 5. The molecule has 2 aliphatic rings. The Kier molecular flexibility index (Phi) is 3.65. The first-order chi connectivity index (χ1) is 10.8. The van der Waals surface area contributed by atoms with Gasteiger partial charge in [0, 0.05) is 24.8 Å². The maximum Gasteiger partial charge on any atom is 0.229 e. The Bertz CT molecular complexity index is 633. The molecule has 1 saturated heterocycles. The third-order valence-electron chi connectivity index (χ3n) is 4.43. The van der Waals surface area contributed by atoms with E-state index in [1.165, 1.54) is 12.8 Å². The van der Waals surface area contributed by atoms with Crippen LogP contribution in [0.3, 0.4) is 0 Å². The molecule has 0 aromatic carbocycles. The normalized spacial score (nSPS) is 23.0. The fourth-order valence-electron chi connectivity index (χ4n) is 3.02. The van der Waals surface area contributed by atoms with Crippen LogP contribution in [0.2, 0.25) is 0 Å². The Labute approximate surface area is 129 Å². The predicted octanol–water partition coefficient (Wildman–Crippen LogP) is 2.27. The summed E-state index contributed by atoms with van der Waals surface area (Å²) in [6.45, 7) is 4.73. The van der Waals surface area contributed by atoms with Gasteiger partial charge in [-0.05, 0) is 32.2 Å². The monoisotopic (exact) mass is 303 g/mol. The number of piperidine rings is 1. The second kappa shape index (κ2) is 5.79. The van der Waals surface area contributed by atoms with Crippen LogP contribution in [0.1, 0.15) is 67.9 Å². The van der Waals surface area contributed by atoms with Crippen molar-refractivity contribution in [2.75, 3.05) is 13.1 Å². The first-order valence-electron chi connectivity index (χ1n) is 8.19. The van der Waals surface area contributed by atoms with E-state index in [4.69, 9.17) is 9.05 Å². The summed E-state index contributed by atoms with van der Waals surface area (Å²) in [5, 5.41) is 8.23. The van der Waals surface area contributed by atoms with Gasteiger partial charge in [-0.3, -0.25) is 4.90 Å². The number of nitrogens with zero attached hydrogens (tertiary/aromatic N) is 5. The molecule has 0 unspecified atom stereocenters.